The topological polar surface area (TPSA) is 63.6 Å². The molecule has 4 saturated carbocycles. The molecule has 4 heteroatoms. The number of rotatable bonds is 5. The lowest BCUT2D eigenvalue weighted by Crippen LogP contribution is -2.68. The standard InChI is InChI=1S/C21H32O4/c1-5-7-9-20(19(24)25-4)15(6-2)12-17(22)21-10-8-14(11-16(20)21)13(3)18(21)23/h14-17,22H,3,5-12H2,1-2,4H3/t14-,15+,16?,17+,20?,21+/m0/s1. The number of carbonyl (C=O) groups excluding carboxylic acids is 2. The quantitative estimate of drug-likeness (QED) is 0.608. The molecule has 140 valence electrons. The number of carbonyl (C=O) groups is 2. The maximum absolute atomic E-state index is 13.2. The average molecular weight is 348 g/mol. The number of methoxy groups -OCH3 is 1. The number of ether oxygens (including phenoxy) is 1. The fourth-order valence-electron chi connectivity index (χ4n) is 6.45. The third-order valence-electron chi connectivity index (χ3n) is 7.71. The minimum Gasteiger partial charge on any atom is -0.469 e. The number of hydrogen-bond donors (Lipinski definition) is 1. The van der Waals surface area contributed by atoms with E-state index in [9.17, 15) is 14.7 Å². The number of Topliss-reactive ketones (excluding diaryl/α,β-unsaturated/α-hetero) is 1. The van der Waals surface area contributed by atoms with Crippen molar-refractivity contribution >= 4 is 11.8 Å². The summed E-state index contributed by atoms with van der Waals surface area (Å²) in [6.45, 7) is 8.24. The molecular weight excluding hydrogens is 316 g/mol. The zero-order valence-corrected chi connectivity index (χ0v) is 15.8. The minimum absolute atomic E-state index is 0.0202. The molecule has 4 fully saturated rings. The summed E-state index contributed by atoms with van der Waals surface area (Å²) in [5.41, 5.74) is -0.793. The van der Waals surface area contributed by atoms with Crippen LogP contribution in [0.25, 0.3) is 0 Å². The van der Waals surface area contributed by atoms with Crippen LogP contribution in [0.5, 0.6) is 0 Å². The number of ketones is 1. The molecule has 0 aromatic carbocycles. The van der Waals surface area contributed by atoms with Gasteiger partial charge in [-0.2, -0.15) is 0 Å². The molecule has 2 bridgehead atoms. The number of fused-ring (bicyclic) bond motifs is 2. The van der Waals surface area contributed by atoms with E-state index in [4.69, 9.17) is 4.74 Å². The molecule has 0 aliphatic heterocycles. The van der Waals surface area contributed by atoms with Gasteiger partial charge in [0.05, 0.1) is 24.0 Å². The molecule has 1 spiro atoms. The van der Waals surface area contributed by atoms with Gasteiger partial charge >= 0.3 is 5.97 Å². The fraction of sp³-hybridized carbons (Fsp3) is 0.810. The molecule has 4 rings (SSSR count). The van der Waals surface area contributed by atoms with E-state index in [1.165, 1.54) is 7.11 Å². The molecular formula is C21H32O4. The lowest BCUT2D eigenvalue weighted by Gasteiger charge is -2.64. The smallest absolute Gasteiger partial charge is 0.312 e. The predicted molar refractivity (Wildman–Crippen MR) is 95.8 cm³/mol. The predicted octanol–water partition coefficient (Wildman–Crippen LogP) is 3.67. The number of aliphatic hydroxyl groups excluding tert-OH is 1. The summed E-state index contributed by atoms with van der Waals surface area (Å²) in [4.78, 5) is 26.4. The van der Waals surface area contributed by atoms with Crippen molar-refractivity contribution < 1.29 is 19.4 Å². The molecule has 0 aromatic heterocycles. The van der Waals surface area contributed by atoms with Crippen LogP contribution in [-0.2, 0) is 14.3 Å². The van der Waals surface area contributed by atoms with E-state index < -0.39 is 16.9 Å². The van der Waals surface area contributed by atoms with Crippen LogP contribution in [0.2, 0.25) is 0 Å². The molecule has 6 atom stereocenters. The lowest BCUT2D eigenvalue weighted by atomic mass is 9.39. The lowest BCUT2D eigenvalue weighted by molar-refractivity contribution is -0.209. The van der Waals surface area contributed by atoms with Gasteiger partial charge in [0, 0.05) is 0 Å². The summed E-state index contributed by atoms with van der Waals surface area (Å²) in [5, 5.41) is 11.1. The molecule has 25 heavy (non-hydrogen) atoms. The maximum Gasteiger partial charge on any atom is 0.312 e. The highest BCUT2D eigenvalue weighted by atomic mass is 16.5. The van der Waals surface area contributed by atoms with Gasteiger partial charge in [0.15, 0.2) is 5.78 Å². The average Bonchev–Trinajstić information content (AvgIpc) is 2.63. The van der Waals surface area contributed by atoms with Crippen molar-refractivity contribution in [1.82, 2.24) is 0 Å². The van der Waals surface area contributed by atoms with E-state index in [2.05, 4.69) is 20.4 Å². The van der Waals surface area contributed by atoms with Gasteiger partial charge in [-0.05, 0) is 55.4 Å². The Hall–Kier alpha value is -1.16. The van der Waals surface area contributed by atoms with Crippen LogP contribution in [0.1, 0.15) is 65.2 Å². The van der Waals surface area contributed by atoms with E-state index in [0.29, 0.717) is 18.4 Å². The van der Waals surface area contributed by atoms with Gasteiger partial charge < -0.3 is 9.84 Å². The molecule has 4 nitrogen and oxygen atoms in total. The summed E-state index contributed by atoms with van der Waals surface area (Å²) in [6.07, 6.45) is 5.72. The molecule has 4 aliphatic rings. The normalized spacial score (nSPS) is 43.0. The van der Waals surface area contributed by atoms with Crippen molar-refractivity contribution in [3.05, 3.63) is 12.2 Å². The van der Waals surface area contributed by atoms with Crippen LogP contribution in [0.15, 0.2) is 12.2 Å². The van der Waals surface area contributed by atoms with Crippen molar-refractivity contribution in [2.24, 2.45) is 28.6 Å². The van der Waals surface area contributed by atoms with E-state index in [1.807, 2.05) is 0 Å². The van der Waals surface area contributed by atoms with Gasteiger partial charge in [0.1, 0.15) is 0 Å². The maximum atomic E-state index is 13.2. The fourth-order valence-corrected chi connectivity index (χ4v) is 6.45. The molecule has 0 radical (unpaired) electrons. The second-order valence-electron chi connectivity index (χ2n) is 8.41. The van der Waals surface area contributed by atoms with E-state index in [1.54, 1.807) is 0 Å². The van der Waals surface area contributed by atoms with Crippen molar-refractivity contribution in [3.8, 4) is 0 Å². The molecule has 0 aromatic rings. The number of aliphatic hydroxyl groups is 1. The summed E-state index contributed by atoms with van der Waals surface area (Å²) in [6, 6.07) is 0. The van der Waals surface area contributed by atoms with Crippen molar-refractivity contribution in [3.63, 3.8) is 0 Å². The summed E-state index contributed by atoms with van der Waals surface area (Å²) >= 11 is 0. The second-order valence-corrected chi connectivity index (χ2v) is 8.41. The van der Waals surface area contributed by atoms with Crippen LogP contribution >= 0.6 is 0 Å². The van der Waals surface area contributed by atoms with Crippen LogP contribution in [0.3, 0.4) is 0 Å². The van der Waals surface area contributed by atoms with Gasteiger partial charge in [0.2, 0.25) is 0 Å². The highest BCUT2D eigenvalue weighted by Crippen LogP contribution is 2.67. The molecule has 1 N–H and O–H groups in total. The Balaban J connectivity index is 2.16. The third kappa shape index (κ3) is 2.29. The summed E-state index contributed by atoms with van der Waals surface area (Å²) < 4.78 is 5.32. The van der Waals surface area contributed by atoms with Gasteiger partial charge in [0.25, 0.3) is 0 Å². The zero-order chi connectivity index (χ0) is 18.4. The first-order valence-corrected chi connectivity index (χ1v) is 9.90. The first-order valence-electron chi connectivity index (χ1n) is 9.90. The van der Waals surface area contributed by atoms with Crippen molar-refractivity contribution in [1.29, 1.82) is 0 Å². The molecule has 4 aliphatic carbocycles. The Morgan fingerprint density at radius 1 is 1.36 bits per heavy atom. The third-order valence-corrected chi connectivity index (χ3v) is 7.71. The largest absolute Gasteiger partial charge is 0.469 e. The zero-order valence-electron chi connectivity index (χ0n) is 15.8. The summed E-state index contributed by atoms with van der Waals surface area (Å²) in [5.74, 6) is -0.0447. The first kappa shape index (κ1) is 18.6. The van der Waals surface area contributed by atoms with E-state index in [-0.39, 0.29) is 29.5 Å². The van der Waals surface area contributed by atoms with Gasteiger partial charge in [-0.15, -0.1) is 0 Å². The molecule has 0 amide bonds. The highest BCUT2D eigenvalue weighted by Gasteiger charge is 2.70. The van der Waals surface area contributed by atoms with Crippen molar-refractivity contribution in [2.45, 2.75) is 71.3 Å². The first-order chi connectivity index (χ1) is 11.9. The Labute approximate surface area is 151 Å². The summed E-state index contributed by atoms with van der Waals surface area (Å²) in [7, 11) is 1.46. The Kier molecular flexibility index (Phi) is 4.87. The number of hydrogen-bond acceptors (Lipinski definition) is 4. The Morgan fingerprint density at radius 2 is 2.08 bits per heavy atom. The Morgan fingerprint density at radius 3 is 2.68 bits per heavy atom. The van der Waals surface area contributed by atoms with Crippen LogP contribution < -0.4 is 0 Å². The Bertz CT molecular complexity index is 582. The van der Waals surface area contributed by atoms with E-state index >= 15 is 0 Å². The molecule has 0 heterocycles. The molecule has 0 saturated heterocycles. The van der Waals surface area contributed by atoms with Crippen LogP contribution in [0.4, 0.5) is 0 Å². The molecule has 2 unspecified atom stereocenters. The number of unbranched alkanes of at least 4 members (excludes halogenated alkanes) is 1. The van der Waals surface area contributed by atoms with Gasteiger partial charge in [-0.25, -0.2) is 0 Å². The van der Waals surface area contributed by atoms with Gasteiger partial charge in [-0.3, -0.25) is 9.59 Å². The minimum atomic E-state index is -0.820. The number of allylic oxidation sites excluding steroid dienone is 1. The van der Waals surface area contributed by atoms with Crippen LogP contribution in [-0.4, -0.2) is 30.1 Å². The van der Waals surface area contributed by atoms with Gasteiger partial charge in [-0.1, -0.05) is 39.7 Å². The van der Waals surface area contributed by atoms with Crippen molar-refractivity contribution in [2.75, 3.05) is 7.11 Å². The number of esters is 1. The highest BCUT2D eigenvalue weighted by molar-refractivity contribution is 6.03. The second kappa shape index (κ2) is 6.53. The monoisotopic (exact) mass is 348 g/mol. The SMILES string of the molecule is C=C1C(=O)[C@]23CC[C@H]1CC2C(CCCC)(C(=O)OC)[C@H](CC)C[C@H]3O. The van der Waals surface area contributed by atoms with E-state index in [0.717, 1.165) is 38.5 Å². The van der Waals surface area contributed by atoms with Crippen LogP contribution in [0, 0.1) is 28.6 Å².